The van der Waals surface area contributed by atoms with Gasteiger partial charge in [0.05, 0.1) is 16.3 Å². The number of carbonyl (C=O) groups is 2. The zero-order valence-electron chi connectivity index (χ0n) is 13.5. The van der Waals surface area contributed by atoms with Crippen LogP contribution in [0.15, 0.2) is 59.5 Å². The first kappa shape index (κ1) is 16.9. The molecule has 0 aromatic heterocycles. The Labute approximate surface area is 145 Å². The number of fused-ring (bicyclic) bond motifs is 1. The van der Waals surface area contributed by atoms with E-state index >= 15 is 0 Å². The summed E-state index contributed by atoms with van der Waals surface area (Å²) in [6.07, 6.45) is 4.15. The van der Waals surface area contributed by atoms with Gasteiger partial charge in [0.1, 0.15) is 6.54 Å². The smallest absolute Gasteiger partial charge is 0.251 e. The van der Waals surface area contributed by atoms with Crippen LogP contribution in [0.2, 0.25) is 0 Å². The fourth-order valence-electron chi connectivity index (χ4n) is 2.52. The summed E-state index contributed by atoms with van der Waals surface area (Å²) in [5, 5.41) is 2.61. The van der Waals surface area contributed by atoms with Gasteiger partial charge in [0.15, 0.2) is 9.84 Å². The zero-order valence-corrected chi connectivity index (χ0v) is 14.3. The number of nitrogens with zero attached hydrogens (tertiary/aromatic N) is 1. The van der Waals surface area contributed by atoms with Crippen molar-refractivity contribution in [1.29, 1.82) is 0 Å². The standard InChI is InChI=1S/C18H16N2O4S/c1-25(23,24)14-8-9-16-15(11-14)19-17(21)12-20(16)18(22)10-7-13-5-3-2-4-6-13/h2-11H,12H2,1H3,(H,19,21)/b10-7+. The topological polar surface area (TPSA) is 83.6 Å². The molecule has 0 aliphatic carbocycles. The molecular weight excluding hydrogens is 340 g/mol. The van der Waals surface area contributed by atoms with Gasteiger partial charge in [-0.15, -0.1) is 0 Å². The third kappa shape index (κ3) is 3.77. The lowest BCUT2D eigenvalue weighted by atomic mass is 10.1. The Morgan fingerprint density at radius 1 is 1.16 bits per heavy atom. The number of anilines is 2. The van der Waals surface area contributed by atoms with Crippen molar-refractivity contribution in [1.82, 2.24) is 0 Å². The zero-order chi connectivity index (χ0) is 18.0. The van der Waals surface area contributed by atoms with Crippen LogP contribution in [-0.2, 0) is 19.4 Å². The highest BCUT2D eigenvalue weighted by atomic mass is 32.2. The number of amides is 2. The molecule has 1 aliphatic heterocycles. The fraction of sp³-hybridized carbons (Fsp3) is 0.111. The van der Waals surface area contributed by atoms with Crippen LogP contribution in [0.1, 0.15) is 5.56 Å². The summed E-state index contributed by atoms with van der Waals surface area (Å²) in [5.41, 5.74) is 1.64. The van der Waals surface area contributed by atoms with Crippen LogP contribution in [0, 0.1) is 0 Å². The van der Waals surface area contributed by atoms with Gasteiger partial charge in [0.25, 0.3) is 5.91 Å². The first-order valence-electron chi connectivity index (χ1n) is 7.53. The Morgan fingerprint density at radius 2 is 1.88 bits per heavy atom. The summed E-state index contributed by atoms with van der Waals surface area (Å²) in [5.74, 6) is -0.730. The van der Waals surface area contributed by atoms with Gasteiger partial charge in [-0.1, -0.05) is 30.3 Å². The molecule has 6 nitrogen and oxygen atoms in total. The quantitative estimate of drug-likeness (QED) is 0.854. The monoisotopic (exact) mass is 356 g/mol. The summed E-state index contributed by atoms with van der Waals surface area (Å²) in [6.45, 7) is -0.122. The van der Waals surface area contributed by atoms with Crippen LogP contribution in [0.3, 0.4) is 0 Å². The van der Waals surface area contributed by atoms with Crippen molar-refractivity contribution in [3.05, 3.63) is 60.2 Å². The maximum Gasteiger partial charge on any atom is 0.251 e. The van der Waals surface area contributed by atoms with E-state index in [0.29, 0.717) is 11.4 Å². The molecule has 2 amide bonds. The molecule has 0 spiro atoms. The minimum Gasteiger partial charge on any atom is -0.323 e. The van der Waals surface area contributed by atoms with Crippen LogP contribution in [0.5, 0.6) is 0 Å². The lowest BCUT2D eigenvalue weighted by Gasteiger charge is -2.28. The van der Waals surface area contributed by atoms with Crippen molar-refractivity contribution in [3.8, 4) is 0 Å². The highest BCUT2D eigenvalue weighted by Crippen LogP contribution is 2.32. The molecule has 0 fully saturated rings. The molecule has 0 unspecified atom stereocenters. The van der Waals surface area contributed by atoms with Gasteiger partial charge in [-0.05, 0) is 29.8 Å². The van der Waals surface area contributed by atoms with Crippen molar-refractivity contribution in [2.45, 2.75) is 4.90 Å². The van der Waals surface area contributed by atoms with Crippen molar-refractivity contribution in [3.63, 3.8) is 0 Å². The maximum atomic E-state index is 12.5. The summed E-state index contributed by atoms with van der Waals surface area (Å²) in [7, 11) is -3.41. The molecule has 0 saturated carbocycles. The fourth-order valence-corrected chi connectivity index (χ4v) is 3.17. The lowest BCUT2D eigenvalue weighted by Crippen LogP contribution is -2.41. The van der Waals surface area contributed by atoms with Gasteiger partial charge < -0.3 is 5.32 Å². The second-order valence-electron chi connectivity index (χ2n) is 5.67. The van der Waals surface area contributed by atoms with Gasteiger partial charge in [0.2, 0.25) is 5.91 Å². The van der Waals surface area contributed by atoms with E-state index in [9.17, 15) is 18.0 Å². The number of hydrogen-bond donors (Lipinski definition) is 1. The predicted molar refractivity (Wildman–Crippen MR) is 96.0 cm³/mol. The Bertz CT molecular complexity index is 966. The Hall–Kier alpha value is -2.93. The summed E-state index contributed by atoms with van der Waals surface area (Å²) < 4.78 is 23.3. The summed E-state index contributed by atoms with van der Waals surface area (Å²) in [4.78, 5) is 25.8. The van der Waals surface area contributed by atoms with Crippen molar-refractivity contribution in [2.24, 2.45) is 0 Å². The van der Waals surface area contributed by atoms with Crippen LogP contribution < -0.4 is 10.2 Å². The molecule has 7 heteroatoms. The van der Waals surface area contributed by atoms with E-state index in [1.165, 1.54) is 29.2 Å². The highest BCUT2D eigenvalue weighted by molar-refractivity contribution is 7.90. The van der Waals surface area contributed by atoms with Crippen molar-refractivity contribution in [2.75, 3.05) is 23.0 Å². The SMILES string of the molecule is CS(=O)(=O)c1ccc2c(c1)NC(=O)CN2C(=O)/C=C/c1ccccc1. The minimum atomic E-state index is -3.41. The first-order valence-corrected chi connectivity index (χ1v) is 9.42. The van der Waals surface area contributed by atoms with E-state index in [4.69, 9.17) is 0 Å². The normalized spacial score (nSPS) is 14.3. The second-order valence-corrected chi connectivity index (χ2v) is 7.68. The van der Waals surface area contributed by atoms with Gasteiger partial charge in [-0.2, -0.15) is 0 Å². The largest absolute Gasteiger partial charge is 0.323 e. The molecule has 1 aliphatic rings. The van der Waals surface area contributed by atoms with Crippen LogP contribution >= 0.6 is 0 Å². The Balaban J connectivity index is 1.92. The molecule has 2 aromatic carbocycles. The van der Waals surface area contributed by atoms with Crippen LogP contribution in [0.25, 0.3) is 6.08 Å². The molecule has 1 N–H and O–H groups in total. The summed E-state index contributed by atoms with van der Waals surface area (Å²) >= 11 is 0. The van der Waals surface area contributed by atoms with Gasteiger partial charge >= 0.3 is 0 Å². The number of rotatable bonds is 3. The van der Waals surface area contributed by atoms with E-state index < -0.39 is 9.84 Å². The third-order valence-electron chi connectivity index (χ3n) is 3.75. The number of benzene rings is 2. The van der Waals surface area contributed by atoms with E-state index in [0.717, 1.165) is 11.8 Å². The number of sulfone groups is 1. The lowest BCUT2D eigenvalue weighted by molar-refractivity contribution is -0.119. The molecule has 0 radical (unpaired) electrons. The predicted octanol–water partition coefficient (Wildman–Crippen LogP) is 2.09. The number of nitrogens with one attached hydrogen (secondary N) is 1. The molecule has 0 saturated heterocycles. The molecule has 128 valence electrons. The molecule has 0 atom stereocenters. The molecule has 25 heavy (non-hydrogen) atoms. The maximum absolute atomic E-state index is 12.5. The molecule has 2 aromatic rings. The molecule has 1 heterocycles. The average molecular weight is 356 g/mol. The van der Waals surface area contributed by atoms with E-state index in [1.54, 1.807) is 6.08 Å². The molecule has 3 rings (SSSR count). The second kappa shape index (κ2) is 6.52. The van der Waals surface area contributed by atoms with E-state index in [-0.39, 0.29) is 23.3 Å². The molecular formula is C18H16N2O4S. The van der Waals surface area contributed by atoms with Crippen LogP contribution in [0.4, 0.5) is 11.4 Å². The van der Waals surface area contributed by atoms with E-state index in [2.05, 4.69) is 5.32 Å². The third-order valence-corrected chi connectivity index (χ3v) is 4.86. The highest BCUT2D eigenvalue weighted by Gasteiger charge is 2.26. The van der Waals surface area contributed by atoms with Gasteiger partial charge in [-0.25, -0.2) is 8.42 Å². The van der Waals surface area contributed by atoms with E-state index in [1.807, 2.05) is 30.3 Å². The molecule has 0 bridgehead atoms. The van der Waals surface area contributed by atoms with Gasteiger partial charge in [0, 0.05) is 12.3 Å². The number of hydrogen-bond acceptors (Lipinski definition) is 4. The Kier molecular flexibility index (Phi) is 4.41. The average Bonchev–Trinajstić information content (AvgIpc) is 2.58. The minimum absolute atomic E-state index is 0.0840. The number of carbonyl (C=O) groups excluding carboxylic acids is 2. The van der Waals surface area contributed by atoms with Crippen LogP contribution in [-0.4, -0.2) is 33.0 Å². The Morgan fingerprint density at radius 3 is 2.56 bits per heavy atom. The van der Waals surface area contributed by atoms with Gasteiger partial charge in [-0.3, -0.25) is 14.5 Å². The van der Waals surface area contributed by atoms with Crippen molar-refractivity contribution < 1.29 is 18.0 Å². The first-order chi connectivity index (χ1) is 11.8. The summed E-state index contributed by atoms with van der Waals surface area (Å²) in [6, 6.07) is 13.6. The van der Waals surface area contributed by atoms with Crippen molar-refractivity contribution >= 4 is 39.1 Å².